The summed E-state index contributed by atoms with van der Waals surface area (Å²) < 4.78 is 10.8. The van der Waals surface area contributed by atoms with E-state index in [2.05, 4.69) is 0 Å². The van der Waals surface area contributed by atoms with Crippen LogP contribution in [0.2, 0.25) is 0 Å². The van der Waals surface area contributed by atoms with Gasteiger partial charge in [0.25, 0.3) is 0 Å². The number of aliphatic carboxylic acids is 1. The maximum atomic E-state index is 13.3. The van der Waals surface area contributed by atoms with Crippen LogP contribution in [0.25, 0.3) is 0 Å². The largest absolute Gasteiger partial charge is 0.550 e. The number of carbonyl (C=O) groups is 2. The minimum absolute atomic E-state index is 0.00407. The highest BCUT2D eigenvalue weighted by molar-refractivity contribution is 5.87. The molecule has 144 valence electrons. The first-order chi connectivity index (χ1) is 13.0. The van der Waals surface area contributed by atoms with Gasteiger partial charge in [-0.05, 0) is 54.9 Å². The van der Waals surface area contributed by atoms with Gasteiger partial charge in [-0.2, -0.15) is 0 Å². The molecule has 0 unspecified atom stereocenters. The fraction of sp³-hybridized carbons (Fsp3) is 0.524. The number of carboxylic acid groups (broad SMARTS) is 1. The van der Waals surface area contributed by atoms with Gasteiger partial charge in [-0.3, -0.25) is 4.79 Å². The summed E-state index contributed by atoms with van der Waals surface area (Å²) in [6.07, 6.45) is 5.38. The number of carboxylic acids is 1. The zero-order valence-electron chi connectivity index (χ0n) is 15.8. The zero-order chi connectivity index (χ0) is 19.3. The van der Waals surface area contributed by atoms with E-state index in [-0.39, 0.29) is 23.8 Å². The number of methoxy groups -OCH3 is 2. The van der Waals surface area contributed by atoms with E-state index in [4.69, 9.17) is 9.47 Å². The Morgan fingerprint density at radius 3 is 2.33 bits per heavy atom. The standard InChI is InChI=1S/C21H25NO5/c1-11-15-10-17(27-3)16(26-2)9-12(15)6-7-22(11)20(23)18-13-4-5-14(8-13)19(18)21(24)25/h4-5,9-11,13-14,18-19H,6-8H2,1-3H3,(H,24,25)/p-1/t11-,13-,14-,18+,19-/m1/s1. The van der Waals surface area contributed by atoms with E-state index in [1.807, 2.05) is 36.1 Å². The Morgan fingerprint density at radius 2 is 1.70 bits per heavy atom. The number of fused-ring (bicyclic) bond motifs is 3. The van der Waals surface area contributed by atoms with Crippen molar-refractivity contribution in [3.8, 4) is 11.5 Å². The van der Waals surface area contributed by atoms with Gasteiger partial charge in [-0.15, -0.1) is 0 Å². The molecule has 0 spiro atoms. The van der Waals surface area contributed by atoms with Crippen LogP contribution in [0.15, 0.2) is 24.3 Å². The van der Waals surface area contributed by atoms with Crippen molar-refractivity contribution < 1.29 is 24.2 Å². The lowest BCUT2D eigenvalue weighted by molar-refractivity contribution is -0.313. The second-order valence-corrected chi connectivity index (χ2v) is 7.68. The van der Waals surface area contributed by atoms with Crippen molar-refractivity contribution in [1.82, 2.24) is 4.90 Å². The lowest BCUT2D eigenvalue weighted by Crippen LogP contribution is -2.48. The van der Waals surface area contributed by atoms with Crippen molar-refractivity contribution in [1.29, 1.82) is 0 Å². The first-order valence-electron chi connectivity index (χ1n) is 9.40. The second kappa shape index (κ2) is 6.59. The molecule has 1 amide bonds. The Bertz CT molecular complexity index is 817. The third-order valence-electron chi connectivity index (χ3n) is 6.48. The van der Waals surface area contributed by atoms with Crippen molar-refractivity contribution in [2.45, 2.75) is 25.8 Å². The summed E-state index contributed by atoms with van der Waals surface area (Å²) in [5.74, 6) is -1.18. The Morgan fingerprint density at radius 1 is 1.07 bits per heavy atom. The van der Waals surface area contributed by atoms with E-state index in [1.165, 1.54) is 0 Å². The van der Waals surface area contributed by atoms with E-state index in [1.54, 1.807) is 14.2 Å². The maximum Gasteiger partial charge on any atom is 0.227 e. The van der Waals surface area contributed by atoms with Crippen LogP contribution in [-0.4, -0.2) is 37.5 Å². The third kappa shape index (κ3) is 2.69. The molecule has 2 aliphatic carbocycles. The molecular weight excluding hydrogens is 346 g/mol. The number of carbonyl (C=O) groups excluding carboxylic acids is 2. The molecule has 0 aromatic heterocycles. The van der Waals surface area contributed by atoms with Gasteiger partial charge in [0.2, 0.25) is 5.91 Å². The van der Waals surface area contributed by atoms with Gasteiger partial charge in [0.05, 0.1) is 26.2 Å². The molecule has 2 bridgehead atoms. The summed E-state index contributed by atoms with van der Waals surface area (Å²) in [5.41, 5.74) is 2.16. The first kappa shape index (κ1) is 17.9. The topological polar surface area (TPSA) is 78.9 Å². The molecule has 1 aliphatic heterocycles. The predicted molar refractivity (Wildman–Crippen MR) is 96.1 cm³/mol. The molecule has 1 saturated carbocycles. The summed E-state index contributed by atoms with van der Waals surface area (Å²) in [5, 5.41) is 11.7. The van der Waals surface area contributed by atoms with Crippen LogP contribution in [0.1, 0.15) is 30.5 Å². The van der Waals surface area contributed by atoms with E-state index >= 15 is 0 Å². The minimum atomic E-state index is -1.11. The number of ether oxygens (including phenoxy) is 2. The van der Waals surface area contributed by atoms with Gasteiger partial charge in [-0.25, -0.2) is 0 Å². The number of hydrogen-bond acceptors (Lipinski definition) is 5. The normalized spacial score (nSPS) is 30.9. The fourth-order valence-electron chi connectivity index (χ4n) is 5.12. The SMILES string of the molecule is COc1cc2c(cc1OC)[C@@H](C)N(C(=O)[C@@H]1[C@H](C(=O)[O-])[C@@H]3C=C[C@@H]1C3)CC2. The summed E-state index contributed by atoms with van der Waals surface area (Å²) in [4.78, 5) is 26.8. The van der Waals surface area contributed by atoms with Crippen LogP contribution < -0.4 is 14.6 Å². The van der Waals surface area contributed by atoms with E-state index in [0.717, 1.165) is 17.5 Å². The molecule has 1 heterocycles. The van der Waals surface area contributed by atoms with Gasteiger partial charge in [-0.1, -0.05) is 12.2 Å². The van der Waals surface area contributed by atoms with Gasteiger partial charge >= 0.3 is 0 Å². The predicted octanol–water partition coefficient (Wildman–Crippen LogP) is 1.34. The molecule has 6 heteroatoms. The number of hydrogen-bond donors (Lipinski definition) is 0. The molecule has 6 nitrogen and oxygen atoms in total. The maximum absolute atomic E-state index is 13.3. The van der Waals surface area contributed by atoms with Crippen molar-refractivity contribution in [3.05, 3.63) is 35.4 Å². The molecule has 0 N–H and O–H groups in total. The number of allylic oxidation sites excluding steroid dienone is 2. The van der Waals surface area contributed by atoms with Crippen molar-refractivity contribution >= 4 is 11.9 Å². The first-order valence-corrected chi connectivity index (χ1v) is 9.40. The molecule has 0 saturated heterocycles. The Labute approximate surface area is 158 Å². The quantitative estimate of drug-likeness (QED) is 0.748. The summed E-state index contributed by atoms with van der Waals surface area (Å²) in [7, 11) is 3.20. The molecule has 3 aliphatic rings. The number of benzene rings is 1. The highest BCUT2D eigenvalue weighted by Crippen LogP contribution is 2.49. The van der Waals surface area contributed by atoms with Crippen molar-refractivity contribution in [2.24, 2.45) is 23.7 Å². The monoisotopic (exact) mass is 370 g/mol. The summed E-state index contributed by atoms with van der Waals surface area (Å²) in [6.45, 7) is 2.55. The van der Waals surface area contributed by atoms with Gasteiger partial charge in [0.1, 0.15) is 0 Å². The van der Waals surface area contributed by atoms with Crippen LogP contribution in [-0.2, 0) is 16.0 Å². The number of rotatable bonds is 4. The molecular formula is C21H24NO5-. The zero-order valence-corrected chi connectivity index (χ0v) is 15.8. The van der Waals surface area contributed by atoms with Crippen LogP contribution in [0, 0.1) is 23.7 Å². The van der Waals surface area contributed by atoms with Crippen LogP contribution >= 0.6 is 0 Å². The second-order valence-electron chi connectivity index (χ2n) is 7.68. The van der Waals surface area contributed by atoms with Crippen LogP contribution in [0.3, 0.4) is 0 Å². The number of nitrogens with zero attached hydrogens (tertiary/aromatic N) is 1. The van der Waals surface area contributed by atoms with Crippen LogP contribution in [0.5, 0.6) is 11.5 Å². The lowest BCUT2D eigenvalue weighted by atomic mass is 9.81. The molecule has 27 heavy (non-hydrogen) atoms. The highest BCUT2D eigenvalue weighted by atomic mass is 16.5. The van der Waals surface area contributed by atoms with Crippen molar-refractivity contribution in [3.63, 3.8) is 0 Å². The van der Waals surface area contributed by atoms with Gasteiger partial charge in [0.15, 0.2) is 11.5 Å². The Hall–Kier alpha value is -2.50. The minimum Gasteiger partial charge on any atom is -0.550 e. The smallest absolute Gasteiger partial charge is 0.227 e. The summed E-state index contributed by atoms with van der Waals surface area (Å²) >= 11 is 0. The number of amides is 1. The van der Waals surface area contributed by atoms with E-state index in [0.29, 0.717) is 24.5 Å². The Balaban J connectivity index is 1.64. The summed E-state index contributed by atoms with van der Waals surface area (Å²) in [6, 6.07) is 3.75. The fourth-order valence-corrected chi connectivity index (χ4v) is 5.12. The molecule has 4 rings (SSSR count). The lowest BCUT2D eigenvalue weighted by Gasteiger charge is -2.40. The molecule has 5 atom stereocenters. The third-order valence-corrected chi connectivity index (χ3v) is 6.48. The van der Waals surface area contributed by atoms with Gasteiger partial charge < -0.3 is 24.3 Å². The van der Waals surface area contributed by atoms with E-state index < -0.39 is 17.8 Å². The molecule has 1 aromatic rings. The Kier molecular flexibility index (Phi) is 4.36. The van der Waals surface area contributed by atoms with Crippen molar-refractivity contribution in [2.75, 3.05) is 20.8 Å². The highest BCUT2D eigenvalue weighted by Gasteiger charge is 2.50. The van der Waals surface area contributed by atoms with E-state index in [9.17, 15) is 14.7 Å². The molecule has 0 radical (unpaired) electrons. The van der Waals surface area contributed by atoms with Gasteiger partial charge in [0, 0.05) is 18.4 Å². The molecule has 1 fully saturated rings. The average Bonchev–Trinajstić information content (AvgIpc) is 3.28. The van der Waals surface area contributed by atoms with Crippen LogP contribution in [0.4, 0.5) is 0 Å². The molecule has 1 aromatic carbocycles. The average molecular weight is 370 g/mol.